The summed E-state index contributed by atoms with van der Waals surface area (Å²) in [6.45, 7) is 5.69. The van der Waals surface area contributed by atoms with Gasteiger partial charge in [-0.25, -0.2) is 18.2 Å². The van der Waals surface area contributed by atoms with Crippen LogP contribution in [-0.2, 0) is 0 Å². The first-order valence-corrected chi connectivity index (χ1v) is 7.09. The number of aromatic nitrogens is 1. The molecule has 0 aliphatic carbocycles. The third-order valence-electron chi connectivity index (χ3n) is 2.72. The summed E-state index contributed by atoms with van der Waals surface area (Å²) in [5.74, 6) is -3.83. The number of aryl methyl sites for hydroxylation is 1. The lowest BCUT2D eigenvalue weighted by molar-refractivity contribution is 0.440. The number of halogens is 3. The highest BCUT2D eigenvalue weighted by molar-refractivity contribution is 7.09. The van der Waals surface area contributed by atoms with Gasteiger partial charge in [0.1, 0.15) is 5.01 Å². The summed E-state index contributed by atoms with van der Waals surface area (Å²) in [7, 11) is 0. The Labute approximate surface area is 119 Å². The van der Waals surface area contributed by atoms with Crippen LogP contribution in [0.2, 0.25) is 0 Å². The second-order valence-electron chi connectivity index (χ2n) is 4.88. The first-order valence-electron chi connectivity index (χ1n) is 6.21. The zero-order chi connectivity index (χ0) is 14.9. The van der Waals surface area contributed by atoms with Gasteiger partial charge in [0.2, 0.25) is 0 Å². The molecule has 6 heteroatoms. The van der Waals surface area contributed by atoms with Gasteiger partial charge in [0, 0.05) is 17.1 Å². The van der Waals surface area contributed by atoms with Gasteiger partial charge in [0.15, 0.2) is 17.5 Å². The maximum atomic E-state index is 13.4. The van der Waals surface area contributed by atoms with E-state index in [2.05, 4.69) is 10.3 Å². The van der Waals surface area contributed by atoms with E-state index >= 15 is 0 Å². The summed E-state index contributed by atoms with van der Waals surface area (Å²) in [5.41, 5.74) is 1.16. The monoisotopic (exact) mass is 300 g/mol. The van der Waals surface area contributed by atoms with Crippen molar-refractivity contribution in [1.29, 1.82) is 0 Å². The molecule has 1 aromatic heterocycles. The average Bonchev–Trinajstić information content (AvgIpc) is 2.78. The molecule has 0 saturated heterocycles. The molecule has 0 aliphatic rings. The summed E-state index contributed by atoms with van der Waals surface area (Å²) in [6, 6.07) is 1.64. The van der Waals surface area contributed by atoms with Gasteiger partial charge in [0.05, 0.1) is 6.04 Å². The topological polar surface area (TPSA) is 24.9 Å². The van der Waals surface area contributed by atoms with Crippen LogP contribution in [0.5, 0.6) is 0 Å². The predicted octanol–water partition coefficient (Wildman–Crippen LogP) is 3.96. The molecule has 0 bridgehead atoms. The van der Waals surface area contributed by atoms with E-state index in [9.17, 15) is 13.2 Å². The maximum absolute atomic E-state index is 13.4. The van der Waals surface area contributed by atoms with Crippen LogP contribution < -0.4 is 5.32 Å². The van der Waals surface area contributed by atoms with Crippen molar-refractivity contribution in [3.8, 4) is 0 Å². The molecule has 2 aromatic rings. The Morgan fingerprint density at radius 1 is 1.15 bits per heavy atom. The van der Waals surface area contributed by atoms with Gasteiger partial charge in [-0.15, -0.1) is 11.3 Å². The summed E-state index contributed by atoms with van der Waals surface area (Å²) in [5, 5.41) is 5.75. The Morgan fingerprint density at radius 2 is 1.75 bits per heavy atom. The molecule has 2 rings (SSSR count). The molecular formula is C14H15F3N2S. The van der Waals surface area contributed by atoms with Crippen LogP contribution in [0.3, 0.4) is 0 Å². The number of thiazole rings is 1. The van der Waals surface area contributed by atoms with E-state index in [1.807, 2.05) is 26.2 Å². The van der Waals surface area contributed by atoms with Gasteiger partial charge in [-0.3, -0.25) is 0 Å². The van der Waals surface area contributed by atoms with Crippen molar-refractivity contribution in [2.24, 2.45) is 0 Å². The number of rotatable bonds is 4. The van der Waals surface area contributed by atoms with E-state index < -0.39 is 23.5 Å². The summed E-state index contributed by atoms with van der Waals surface area (Å²) in [6.07, 6.45) is 0. The van der Waals surface area contributed by atoms with Crippen molar-refractivity contribution in [2.75, 3.05) is 0 Å². The molecule has 1 atom stereocenters. The molecule has 0 saturated carbocycles. The summed E-state index contributed by atoms with van der Waals surface area (Å²) >= 11 is 1.40. The lowest BCUT2D eigenvalue weighted by atomic mass is 10.1. The van der Waals surface area contributed by atoms with Crippen molar-refractivity contribution < 1.29 is 13.2 Å². The average molecular weight is 300 g/mol. The summed E-state index contributed by atoms with van der Waals surface area (Å²) < 4.78 is 39.9. The normalized spacial score (nSPS) is 12.9. The van der Waals surface area contributed by atoms with Gasteiger partial charge in [-0.05, 0) is 38.5 Å². The number of hydrogen-bond acceptors (Lipinski definition) is 3. The first kappa shape index (κ1) is 15.0. The molecule has 0 fully saturated rings. The lowest BCUT2D eigenvalue weighted by Crippen LogP contribution is -2.29. The minimum Gasteiger partial charge on any atom is -0.302 e. The maximum Gasteiger partial charge on any atom is 0.194 e. The molecule has 1 N–H and O–H groups in total. The van der Waals surface area contributed by atoms with E-state index in [1.165, 1.54) is 11.3 Å². The third kappa shape index (κ3) is 3.19. The Balaban J connectivity index is 2.46. The van der Waals surface area contributed by atoms with E-state index in [-0.39, 0.29) is 6.04 Å². The zero-order valence-electron chi connectivity index (χ0n) is 11.4. The molecule has 108 valence electrons. The molecule has 1 aromatic carbocycles. The third-order valence-corrected chi connectivity index (χ3v) is 3.75. The van der Waals surface area contributed by atoms with Crippen LogP contribution in [0.15, 0.2) is 17.5 Å². The van der Waals surface area contributed by atoms with Crippen molar-refractivity contribution in [2.45, 2.75) is 32.9 Å². The number of hydrogen-bond donors (Lipinski definition) is 1. The van der Waals surface area contributed by atoms with E-state index in [0.29, 0.717) is 10.6 Å². The second kappa shape index (κ2) is 5.93. The molecule has 0 aliphatic heterocycles. The smallest absolute Gasteiger partial charge is 0.194 e. The largest absolute Gasteiger partial charge is 0.302 e. The first-order chi connectivity index (χ1) is 9.38. The Bertz CT molecular complexity index is 587. The van der Waals surface area contributed by atoms with E-state index in [4.69, 9.17) is 0 Å². The molecule has 20 heavy (non-hydrogen) atoms. The van der Waals surface area contributed by atoms with Crippen molar-refractivity contribution in [1.82, 2.24) is 10.3 Å². The Kier molecular flexibility index (Phi) is 4.45. The van der Waals surface area contributed by atoms with Gasteiger partial charge >= 0.3 is 0 Å². The van der Waals surface area contributed by atoms with Gasteiger partial charge in [-0.2, -0.15) is 0 Å². The van der Waals surface area contributed by atoms with Crippen LogP contribution in [-0.4, -0.2) is 11.0 Å². The summed E-state index contributed by atoms with van der Waals surface area (Å²) in [4.78, 5) is 4.34. The van der Waals surface area contributed by atoms with Crippen molar-refractivity contribution >= 4 is 11.3 Å². The van der Waals surface area contributed by atoms with Crippen LogP contribution in [0.1, 0.15) is 36.2 Å². The van der Waals surface area contributed by atoms with E-state index in [0.717, 1.165) is 17.8 Å². The molecular weight excluding hydrogens is 285 g/mol. The molecule has 0 radical (unpaired) electrons. The Morgan fingerprint density at radius 3 is 2.20 bits per heavy atom. The zero-order valence-corrected chi connectivity index (χ0v) is 12.2. The highest BCUT2D eigenvalue weighted by atomic mass is 32.1. The molecule has 0 spiro atoms. The van der Waals surface area contributed by atoms with Crippen molar-refractivity contribution in [3.05, 3.63) is 51.2 Å². The van der Waals surface area contributed by atoms with Gasteiger partial charge in [0.25, 0.3) is 0 Å². The fourth-order valence-corrected chi connectivity index (χ4v) is 2.77. The molecule has 1 heterocycles. The molecule has 2 nitrogen and oxygen atoms in total. The van der Waals surface area contributed by atoms with Crippen LogP contribution in [0.25, 0.3) is 0 Å². The number of benzene rings is 1. The van der Waals surface area contributed by atoms with E-state index in [1.54, 1.807) is 0 Å². The van der Waals surface area contributed by atoms with Gasteiger partial charge in [-0.1, -0.05) is 0 Å². The van der Waals surface area contributed by atoms with Crippen LogP contribution >= 0.6 is 11.3 Å². The molecule has 0 amide bonds. The number of nitrogens with zero attached hydrogens (tertiary/aromatic N) is 1. The lowest BCUT2D eigenvalue weighted by Gasteiger charge is -2.20. The quantitative estimate of drug-likeness (QED) is 0.865. The fourth-order valence-electron chi connectivity index (χ4n) is 1.89. The molecule has 1 unspecified atom stereocenters. The van der Waals surface area contributed by atoms with Crippen LogP contribution in [0.4, 0.5) is 13.2 Å². The highest BCUT2D eigenvalue weighted by Gasteiger charge is 2.21. The minimum absolute atomic E-state index is 0.0837. The fraction of sp³-hybridized carbons (Fsp3) is 0.357. The Hall–Kier alpha value is -1.40. The highest BCUT2D eigenvalue weighted by Crippen LogP contribution is 2.27. The minimum atomic E-state index is -1.45. The predicted molar refractivity (Wildman–Crippen MR) is 73.3 cm³/mol. The van der Waals surface area contributed by atoms with Gasteiger partial charge < -0.3 is 5.32 Å². The van der Waals surface area contributed by atoms with Crippen LogP contribution in [0, 0.1) is 24.4 Å². The van der Waals surface area contributed by atoms with Crippen molar-refractivity contribution in [3.63, 3.8) is 0 Å². The number of nitrogens with one attached hydrogen (secondary N) is 1. The second-order valence-corrected chi connectivity index (χ2v) is 5.77. The SMILES string of the molecule is Cc1csc(C(NC(C)C)c2cc(F)c(F)c(F)c2)n1. The standard InChI is InChI=1S/C14H15F3N2S/c1-7(2)18-13(14-19-8(3)6-20-14)9-4-10(15)12(17)11(16)5-9/h4-7,13,18H,1-3H3.